The Balaban J connectivity index is 2.13. The van der Waals surface area contributed by atoms with Crippen LogP contribution >= 0.6 is 15.9 Å². The molecule has 1 aliphatic heterocycles. The van der Waals surface area contributed by atoms with Gasteiger partial charge in [0.25, 0.3) is 0 Å². The van der Waals surface area contributed by atoms with Gasteiger partial charge < -0.3 is 14.9 Å². The number of likely N-dealkylation sites (N-methyl/N-ethyl adjacent to an activating group) is 1. The van der Waals surface area contributed by atoms with Gasteiger partial charge in [0.2, 0.25) is 11.8 Å². The zero-order chi connectivity index (χ0) is 15.6. The lowest BCUT2D eigenvalue weighted by atomic mass is 10.1. The number of nitrogens with zero attached hydrogens (tertiary/aromatic N) is 2. The molecule has 112 valence electrons. The zero-order valence-electron chi connectivity index (χ0n) is 11.5. The lowest BCUT2D eigenvalue weighted by Gasteiger charge is -2.20. The number of carbonyl (C=O) groups excluding carboxylic acids is 2. The van der Waals surface area contributed by atoms with Crippen LogP contribution in [0.2, 0.25) is 0 Å². The van der Waals surface area contributed by atoms with Crippen molar-refractivity contribution in [1.82, 2.24) is 4.90 Å². The van der Waals surface area contributed by atoms with Gasteiger partial charge in [-0.1, -0.05) is 12.1 Å². The third-order valence-corrected chi connectivity index (χ3v) is 4.07. The largest absolute Gasteiger partial charge is 0.480 e. The van der Waals surface area contributed by atoms with Crippen molar-refractivity contribution in [1.29, 1.82) is 0 Å². The summed E-state index contributed by atoms with van der Waals surface area (Å²) in [6, 6.07) is 7.29. The highest BCUT2D eigenvalue weighted by Crippen LogP contribution is 2.31. The summed E-state index contributed by atoms with van der Waals surface area (Å²) in [6.07, 6.45) is 0.392. The maximum Gasteiger partial charge on any atom is 0.323 e. The molecular formula is C14H15BrN2O4. The van der Waals surface area contributed by atoms with Crippen molar-refractivity contribution in [3.05, 3.63) is 28.7 Å². The molecule has 2 amide bonds. The molecule has 0 aromatic heterocycles. The van der Waals surface area contributed by atoms with E-state index in [0.29, 0.717) is 13.0 Å². The zero-order valence-corrected chi connectivity index (χ0v) is 13.0. The van der Waals surface area contributed by atoms with Gasteiger partial charge in [-0.2, -0.15) is 0 Å². The molecule has 1 aliphatic rings. The van der Waals surface area contributed by atoms with E-state index in [-0.39, 0.29) is 5.91 Å². The number of carbonyl (C=O) groups is 3. The molecule has 1 unspecified atom stereocenters. The van der Waals surface area contributed by atoms with Crippen LogP contribution in [-0.4, -0.2) is 47.9 Å². The van der Waals surface area contributed by atoms with Crippen molar-refractivity contribution in [3.8, 4) is 0 Å². The molecule has 1 fully saturated rings. The Kier molecular flexibility index (Phi) is 4.62. The first-order valence-corrected chi connectivity index (χ1v) is 7.23. The lowest BCUT2D eigenvalue weighted by Crippen LogP contribution is -2.40. The smallest absolute Gasteiger partial charge is 0.323 e. The first kappa shape index (κ1) is 15.5. The molecular weight excluding hydrogens is 340 g/mol. The van der Waals surface area contributed by atoms with Crippen molar-refractivity contribution >= 4 is 39.4 Å². The summed E-state index contributed by atoms with van der Waals surface area (Å²) in [5.41, 5.74) is 0.721. The van der Waals surface area contributed by atoms with Crippen LogP contribution in [0.5, 0.6) is 0 Å². The van der Waals surface area contributed by atoms with E-state index in [9.17, 15) is 14.4 Å². The standard InChI is InChI=1S/C14H15BrN2O4/c1-16(8-12(18)19)13(20)9-6-7-17(14(9)21)11-5-3-2-4-10(11)15/h2-5,9H,6-8H2,1H3,(H,18,19). The predicted octanol–water partition coefficient (Wildman–Crippen LogP) is 1.34. The van der Waals surface area contributed by atoms with Gasteiger partial charge in [0.05, 0.1) is 5.69 Å². The summed E-state index contributed by atoms with van der Waals surface area (Å²) in [5.74, 6) is -2.64. The van der Waals surface area contributed by atoms with Crippen molar-refractivity contribution in [2.24, 2.45) is 5.92 Å². The maximum absolute atomic E-state index is 12.4. The van der Waals surface area contributed by atoms with E-state index < -0.39 is 24.3 Å². The van der Waals surface area contributed by atoms with E-state index in [1.54, 1.807) is 11.0 Å². The Morgan fingerprint density at radius 1 is 1.43 bits per heavy atom. The van der Waals surface area contributed by atoms with Gasteiger partial charge in [0, 0.05) is 18.1 Å². The SMILES string of the molecule is CN(CC(=O)O)C(=O)C1CCN(c2ccccc2Br)C1=O. The third-order valence-electron chi connectivity index (χ3n) is 3.40. The number of para-hydroxylation sites is 1. The van der Waals surface area contributed by atoms with Crippen molar-refractivity contribution in [2.75, 3.05) is 25.0 Å². The van der Waals surface area contributed by atoms with Crippen LogP contribution in [-0.2, 0) is 14.4 Å². The van der Waals surface area contributed by atoms with Crippen LogP contribution in [0.1, 0.15) is 6.42 Å². The number of benzene rings is 1. The van der Waals surface area contributed by atoms with E-state index in [0.717, 1.165) is 15.1 Å². The topological polar surface area (TPSA) is 77.9 Å². The van der Waals surface area contributed by atoms with Crippen LogP contribution < -0.4 is 4.90 Å². The first-order valence-electron chi connectivity index (χ1n) is 6.44. The van der Waals surface area contributed by atoms with Gasteiger partial charge in [-0.25, -0.2) is 0 Å². The summed E-state index contributed by atoms with van der Waals surface area (Å²) in [5, 5.41) is 8.71. The van der Waals surface area contributed by atoms with Gasteiger partial charge in [-0.15, -0.1) is 0 Å². The fraction of sp³-hybridized carbons (Fsp3) is 0.357. The number of carboxylic acid groups (broad SMARTS) is 1. The minimum Gasteiger partial charge on any atom is -0.480 e. The average molecular weight is 355 g/mol. The Morgan fingerprint density at radius 2 is 2.10 bits per heavy atom. The number of aliphatic carboxylic acids is 1. The Labute approximate surface area is 130 Å². The molecule has 1 aromatic carbocycles. The van der Waals surface area contributed by atoms with Crippen molar-refractivity contribution in [2.45, 2.75) is 6.42 Å². The van der Waals surface area contributed by atoms with E-state index in [4.69, 9.17) is 5.11 Å². The lowest BCUT2D eigenvalue weighted by molar-refractivity contribution is -0.146. The number of anilines is 1. The minimum atomic E-state index is -1.10. The van der Waals surface area contributed by atoms with Crippen molar-refractivity contribution < 1.29 is 19.5 Å². The molecule has 0 bridgehead atoms. The van der Waals surface area contributed by atoms with E-state index in [2.05, 4.69) is 15.9 Å². The van der Waals surface area contributed by atoms with Crippen LogP contribution in [0.4, 0.5) is 5.69 Å². The van der Waals surface area contributed by atoms with Gasteiger partial charge in [0.15, 0.2) is 0 Å². The Hall–Kier alpha value is -1.89. The second-order valence-corrected chi connectivity index (χ2v) is 5.72. The molecule has 21 heavy (non-hydrogen) atoms. The number of hydrogen-bond acceptors (Lipinski definition) is 3. The van der Waals surface area contributed by atoms with E-state index >= 15 is 0 Å². The highest BCUT2D eigenvalue weighted by atomic mass is 79.9. The highest BCUT2D eigenvalue weighted by molar-refractivity contribution is 9.10. The predicted molar refractivity (Wildman–Crippen MR) is 79.9 cm³/mol. The molecule has 0 spiro atoms. The van der Waals surface area contributed by atoms with Crippen LogP contribution in [0.3, 0.4) is 0 Å². The molecule has 1 N–H and O–H groups in total. The summed E-state index contributed by atoms with van der Waals surface area (Å²) in [7, 11) is 1.39. The number of carboxylic acids is 1. The molecule has 1 heterocycles. The molecule has 1 saturated heterocycles. The molecule has 0 saturated carbocycles. The number of amides is 2. The molecule has 2 rings (SSSR count). The fourth-order valence-electron chi connectivity index (χ4n) is 2.37. The van der Waals surface area contributed by atoms with Gasteiger partial charge in [-0.05, 0) is 34.5 Å². The van der Waals surface area contributed by atoms with Gasteiger partial charge >= 0.3 is 5.97 Å². The van der Waals surface area contributed by atoms with Crippen LogP contribution in [0.15, 0.2) is 28.7 Å². The Morgan fingerprint density at radius 3 is 2.71 bits per heavy atom. The fourth-order valence-corrected chi connectivity index (χ4v) is 2.86. The molecule has 0 radical (unpaired) electrons. The molecule has 6 nitrogen and oxygen atoms in total. The quantitative estimate of drug-likeness (QED) is 0.827. The normalized spacial score (nSPS) is 17.9. The minimum absolute atomic E-state index is 0.288. The maximum atomic E-state index is 12.4. The highest BCUT2D eigenvalue weighted by Gasteiger charge is 2.39. The monoisotopic (exact) mass is 354 g/mol. The molecule has 1 aromatic rings. The molecule has 1 atom stereocenters. The van der Waals surface area contributed by atoms with E-state index in [1.165, 1.54) is 7.05 Å². The molecule has 0 aliphatic carbocycles. The number of halogens is 1. The summed E-state index contributed by atoms with van der Waals surface area (Å²) < 4.78 is 0.783. The van der Waals surface area contributed by atoms with Crippen molar-refractivity contribution in [3.63, 3.8) is 0 Å². The first-order chi connectivity index (χ1) is 9.91. The number of rotatable bonds is 4. The summed E-state index contributed by atoms with van der Waals surface area (Å²) >= 11 is 3.39. The third kappa shape index (κ3) is 3.24. The average Bonchev–Trinajstić information content (AvgIpc) is 2.79. The summed E-state index contributed by atoms with van der Waals surface area (Å²) in [4.78, 5) is 37.8. The van der Waals surface area contributed by atoms with Gasteiger partial charge in [-0.3, -0.25) is 14.4 Å². The second-order valence-electron chi connectivity index (χ2n) is 4.87. The van der Waals surface area contributed by atoms with E-state index in [1.807, 2.05) is 18.2 Å². The number of hydrogen-bond donors (Lipinski definition) is 1. The van der Waals surface area contributed by atoms with Crippen LogP contribution in [0.25, 0.3) is 0 Å². The van der Waals surface area contributed by atoms with Crippen LogP contribution in [0, 0.1) is 5.92 Å². The summed E-state index contributed by atoms with van der Waals surface area (Å²) in [6.45, 7) is 0.0381. The molecule has 7 heteroatoms. The Bertz CT molecular complexity index is 590. The van der Waals surface area contributed by atoms with Gasteiger partial charge in [0.1, 0.15) is 12.5 Å². The second kappa shape index (κ2) is 6.26.